The molecule has 1 heterocycles. The van der Waals surface area contributed by atoms with Crippen LogP contribution in [0.4, 0.5) is 0 Å². The number of nitrogens with zero attached hydrogens (tertiary/aromatic N) is 2. The van der Waals surface area contributed by atoms with E-state index < -0.39 is 0 Å². The van der Waals surface area contributed by atoms with Crippen LogP contribution in [0, 0.1) is 17.2 Å². The molecule has 0 amide bonds. The van der Waals surface area contributed by atoms with E-state index in [0.717, 1.165) is 18.9 Å². The van der Waals surface area contributed by atoms with Crippen molar-refractivity contribution in [3.05, 3.63) is 29.8 Å². The molecule has 3 heteroatoms. The zero-order valence-electron chi connectivity index (χ0n) is 12.5. The van der Waals surface area contributed by atoms with Crippen molar-refractivity contribution in [2.75, 3.05) is 19.7 Å². The molecule has 0 spiro atoms. The van der Waals surface area contributed by atoms with Crippen molar-refractivity contribution in [3.8, 4) is 11.8 Å². The molecule has 2 rings (SSSR count). The van der Waals surface area contributed by atoms with Crippen LogP contribution in [0.1, 0.15) is 38.7 Å². The van der Waals surface area contributed by atoms with Crippen LogP contribution in [-0.4, -0.2) is 30.6 Å². The fourth-order valence-corrected chi connectivity index (χ4v) is 2.87. The highest BCUT2D eigenvalue weighted by Gasteiger charge is 2.23. The van der Waals surface area contributed by atoms with Crippen LogP contribution in [0.5, 0.6) is 5.75 Å². The van der Waals surface area contributed by atoms with Gasteiger partial charge in [-0.1, -0.05) is 19.1 Å². The van der Waals surface area contributed by atoms with E-state index in [0.29, 0.717) is 24.0 Å². The molecule has 0 bridgehead atoms. The lowest BCUT2D eigenvalue weighted by atomic mass is 9.92. The summed E-state index contributed by atoms with van der Waals surface area (Å²) in [4.78, 5) is 2.56. The third-order valence-electron chi connectivity index (χ3n) is 4.36. The summed E-state index contributed by atoms with van der Waals surface area (Å²) in [5.74, 6) is 1.50. The summed E-state index contributed by atoms with van der Waals surface area (Å²) in [5.41, 5.74) is 0.618. The van der Waals surface area contributed by atoms with E-state index in [1.165, 1.54) is 19.4 Å². The van der Waals surface area contributed by atoms with Gasteiger partial charge in [-0.2, -0.15) is 5.26 Å². The van der Waals surface area contributed by atoms with E-state index >= 15 is 0 Å². The zero-order chi connectivity index (χ0) is 14.4. The zero-order valence-corrected chi connectivity index (χ0v) is 12.5. The van der Waals surface area contributed by atoms with E-state index in [4.69, 9.17) is 10.00 Å². The first kappa shape index (κ1) is 14.9. The van der Waals surface area contributed by atoms with Gasteiger partial charge in [-0.3, -0.25) is 0 Å². The van der Waals surface area contributed by atoms with Crippen molar-refractivity contribution in [3.63, 3.8) is 0 Å². The smallest absolute Gasteiger partial charge is 0.137 e. The van der Waals surface area contributed by atoms with Crippen LogP contribution < -0.4 is 4.74 Å². The van der Waals surface area contributed by atoms with Gasteiger partial charge < -0.3 is 9.64 Å². The van der Waals surface area contributed by atoms with Gasteiger partial charge in [-0.15, -0.1) is 0 Å². The molecule has 3 nitrogen and oxygen atoms in total. The predicted octanol–water partition coefficient (Wildman–Crippen LogP) is 3.45. The Balaban J connectivity index is 1.75. The Kier molecular flexibility index (Phi) is 5.43. The second-order valence-electron chi connectivity index (χ2n) is 5.71. The molecule has 2 unspecified atom stereocenters. The minimum absolute atomic E-state index is 0.618. The maximum atomic E-state index is 9.00. The molecular weight excluding hydrogens is 248 g/mol. The number of hydrogen-bond donors (Lipinski definition) is 0. The highest BCUT2D eigenvalue weighted by Crippen LogP contribution is 2.23. The van der Waals surface area contributed by atoms with Crippen molar-refractivity contribution >= 4 is 0 Å². The molecule has 0 aromatic heterocycles. The molecule has 1 aromatic rings. The van der Waals surface area contributed by atoms with Gasteiger partial charge in [0.05, 0.1) is 12.2 Å². The lowest BCUT2D eigenvalue weighted by molar-refractivity contribution is 0.106. The Bertz CT molecular complexity index is 466. The Morgan fingerprint density at radius 1 is 1.35 bits per heavy atom. The number of nitriles is 1. The Labute approximate surface area is 122 Å². The van der Waals surface area contributed by atoms with Gasteiger partial charge in [0, 0.05) is 12.6 Å². The molecule has 0 radical (unpaired) electrons. The molecule has 1 fully saturated rings. The number of rotatable bonds is 5. The minimum Gasteiger partial charge on any atom is -0.492 e. The molecule has 2 atom stereocenters. The molecule has 0 saturated carbocycles. The summed E-state index contributed by atoms with van der Waals surface area (Å²) in [6.07, 6.45) is 3.67. The van der Waals surface area contributed by atoms with Crippen LogP contribution in [0.15, 0.2) is 24.3 Å². The van der Waals surface area contributed by atoms with Crippen LogP contribution >= 0.6 is 0 Å². The number of para-hydroxylation sites is 1. The van der Waals surface area contributed by atoms with Gasteiger partial charge in [0.2, 0.25) is 0 Å². The van der Waals surface area contributed by atoms with Crippen molar-refractivity contribution in [2.24, 2.45) is 5.92 Å². The average Bonchev–Trinajstić information content (AvgIpc) is 2.48. The van der Waals surface area contributed by atoms with E-state index in [1.807, 2.05) is 18.2 Å². The maximum absolute atomic E-state index is 9.00. The highest BCUT2D eigenvalue weighted by atomic mass is 16.5. The molecular formula is C17H24N2O. The number of ether oxygens (including phenoxy) is 1. The summed E-state index contributed by atoms with van der Waals surface area (Å²) < 4.78 is 5.73. The average molecular weight is 272 g/mol. The quantitative estimate of drug-likeness (QED) is 0.770. The highest BCUT2D eigenvalue weighted by molar-refractivity contribution is 5.42. The summed E-state index contributed by atoms with van der Waals surface area (Å²) in [7, 11) is 0. The molecule has 20 heavy (non-hydrogen) atoms. The minimum atomic E-state index is 0.618. The normalized spacial score (nSPS) is 23.2. The van der Waals surface area contributed by atoms with Crippen molar-refractivity contribution in [1.82, 2.24) is 4.90 Å². The fraction of sp³-hybridized carbons (Fsp3) is 0.588. The molecule has 0 N–H and O–H groups in total. The summed E-state index contributed by atoms with van der Waals surface area (Å²) in [6.45, 7) is 7.64. The van der Waals surface area contributed by atoms with E-state index in [9.17, 15) is 0 Å². The van der Waals surface area contributed by atoms with E-state index in [-0.39, 0.29) is 0 Å². The fourth-order valence-electron chi connectivity index (χ4n) is 2.87. The Hall–Kier alpha value is -1.53. The number of piperidine rings is 1. The van der Waals surface area contributed by atoms with Gasteiger partial charge in [0.1, 0.15) is 11.8 Å². The second kappa shape index (κ2) is 7.31. The third kappa shape index (κ3) is 3.74. The van der Waals surface area contributed by atoms with Gasteiger partial charge in [-0.25, -0.2) is 0 Å². The van der Waals surface area contributed by atoms with Gasteiger partial charge in [0.15, 0.2) is 0 Å². The predicted molar refractivity (Wildman–Crippen MR) is 80.7 cm³/mol. The van der Waals surface area contributed by atoms with E-state index in [2.05, 4.69) is 24.8 Å². The number of benzene rings is 1. The van der Waals surface area contributed by atoms with Gasteiger partial charge >= 0.3 is 0 Å². The summed E-state index contributed by atoms with van der Waals surface area (Å²) in [6, 6.07) is 10.3. The maximum Gasteiger partial charge on any atom is 0.137 e. The van der Waals surface area contributed by atoms with Crippen LogP contribution in [0.3, 0.4) is 0 Å². The van der Waals surface area contributed by atoms with Crippen molar-refractivity contribution < 1.29 is 4.74 Å². The largest absolute Gasteiger partial charge is 0.492 e. The lowest BCUT2D eigenvalue weighted by Gasteiger charge is -2.37. The molecule has 1 aromatic carbocycles. The first-order chi connectivity index (χ1) is 9.72. The topological polar surface area (TPSA) is 36.3 Å². The van der Waals surface area contributed by atoms with Crippen molar-refractivity contribution in [2.45, 2.75) is 39.2 Å². The van der Waals surface area contributed by atoms with Gasteiger partial charge in [-0.05, 0) is 50.8 Å². The SMILES string of the molecule is CC1CCCN(CCCOc2ccccc2C#N)C1C. The monoisotopic (exact) mass is 272 g/mol. The molecule has 1 saturated heterocycles. The molecule has 108 valence electrons. The first-order valence-corrected chi connectivity index (χ1v) is 7.58. The van der Waals surface area contributed by atoms with Crippen LogP contribution in [0.25, 0.3) is 0 Å². The number of likely N-dealkylation sites (tertiary alicyclic amines) is 1. The molecule has 1 aliphatic rings. The number of hydrogen-bond acceptors (Lipinski definition) is 3. The van der Waals surface area contributed by atoms with Crippen molar-refractivity contribution in [1.29, 1.82) is 5.26 Å². The van der Waals surface area contributed by atoms with E-state index in [1.54, 1.807) is 6.07 Å². The second-order valence-corrected chi connectivity index (χ2v) is 5.71. The lowest BCUT2D eigenvalue weighted by Crippen LogP contribution is -2.43. The summed E-state index contributed by atoms with van der Waals surface area (Å²) in [5, 5.41) is 9.00. The van der Waals surface area contributed by atoms with Crippen LogP contribution in [-0.2, 0) is 0 Å². The third-order valence-corrected chi connectivity index (χ3v) is 4.36. The molecule has 0 aliphatic carbocycles. The Morgan fingerprint density at radius 3 is 2.95 bits per heavy atom. The summed E-state index contributed by atoms with van der Waals surface area (Å²) >= 11 is 0. The standard InChI is InChI=1S/C17H24N2O/c1-14-7-5-10-19(15(14)2)11-6-12-20-17-9-4-3-8-16(17)13-18/h3-4,8-9,14-15H,5-7,10-12H2,1-2H3. The van der Waals surface area contributed by atoms with Gasteiger partial charge in [0.25, 0.3) is 0 Å². The first-order valence-electron chi connectivity index (χ1n) is 7.58. The molecule has 1 aliphatic heterocycles. The van der Waals surface area contributed by atoms with Crippen LogP contribution in [0.2, 0.25) is 0 Å². The Morgan fingerprint density at radius 2 is 2.15 bits per heavy atom.